The van der Waals surface area contributed by atoms with Gasteiger partial charge in [-0.3, -0.25) is 4.79 Å². The predicted molar refractivity (Wildman–Crippen MR) is 101 cm³/mol. The van der Waals surface area contributed by atoms with Crippen molar-refractivity contribution >= 4 is 23.3 Å². The molecule has 0 N–H and O–H groups in total. The number of piperazine rings is 1. The number of carbonyl (C=O) groups excluding carboxylic acids is 2. The van der Waals surface area contributed by atoms with E-state index < -0.39 is 0 Å². The van der Waals surface area contributed by atoms with Crippen LogP contribution in [0.25, 0.3) is 10.6 Å². The van der Waals surface area contributed by atoms with Gasteiger partial charge in [0.15, 0.2) is 0 Å². The molecular weight excluding hydrogens is 350 g/mol. The summed E-state index contributed by atoms with van der Waals surface area (Å²) in [5, 5.41) is 2.88. The van der Waals surface area contributed by atoms with E-state index in [2.05, 4.69) is 24.0 Å². The lowest BCUT2D eigenvalue weighted by atomic mass is 10.1. The molecule has 3 rings (SSSR count). The number of aromatic nitrogens is 1. The molecule has 1 aromatic carbocycles. The molecule has 0 bridgehead atoms. The third-order valence-corrected chi connectivity index (χ3v) is 5.25. The number of ether oxygens (including phenoxy) is 1. The first-order valence-corrected chi connectivity index (χ1v) is 9.65. The summed E-state index contributed by atoms with van der Waals surface area (Å²) >= 11 is 1.56. The van der Waals surface area contributed by atoms with Crippen LogP contribution in [0.4, 0.5) is 4.79 Å². The minimum absolute atomic E-state index is 0.0506. The first-order valence-electron chi connectivity index (χ1n) is 8.77. The third kappa shape index (κ3) is 4.40. The molecule has 0 radical (unpaired) electrons. The Hall–Kier alpha value is -2.41. The van der Waals surface area contributed by atoms with Gasteiger partial charge < -0.3 is 14.5 Å². The van der Waals surface area contributed by atoms with Gasteiger partial charge in [0.05, 0.1) is 18.7 Å². The minimum Gasteiger partial charge on any atom is -0.450 e. The molecule has 1 aliphatic rings. The molecule has 6 nitrogen and oxygen atoms in total. The minimum atomic E-state index is -0.304. The first-order chi connectivity index (χ1) is 12.6. The maximum Gasteiger partial charge on any atom is 0.409 e. The Kier molecular flexibility index (Phi) is 5.88. The van der Waals surface area contributed by atoms with Crippen molar-refractivity contribution in [2.24, 2.45) is 0 Å². The van der Waals surface area contributed by atoms with E-state index in [0.717, 1.165) is 16.3 Å². The first kappa shape index (κ1) is 18.4. The highest BCUT2D eigenvalue weighted by Gasteiger charge is 2.25. The molecule has 1 aliphatic heterocycles. The zero-order valence-corrected chi connectivity index (χ0v) is 15.9. The number of amides is 2. The van der Waals surface area contributed by atoms with E-state index in [-0.39, 0.29) is 12.0 Å². The molecule has 0 aliphatic carbocycles. The number of benzene rings is 1. The van der Waals surface area contributed by atoms with Crippen LogP contribution in [0.2, 0.25) is 0 Å². The Labute approximate surface area is 157 Å². The van der Waals surface area contributed by atoms with E-state index in [1.54, 1.807) is 28.1 Å². The molecule has 2 heterocycles. The molecule has 0 saturated carbocycles. The van der Waals surface area contributed by atoms with E-state index in [9.17, 15) is 9.59 Å². The number of hydrogen-bond donors (Lipinski definition) is 0. The van der Waals surface area contributed by atoms with E-state index in [4.69, 9.17) is 4.74 Å². The van der Waals surface area contributed by atoms with Crippen molar-refractivity contribution in [3.63, 3.8) is 0 Å². The molecule has 7 heteroatoms. The van der Waals surface area contributed by atoms with Gasteiger partial charge in [0.25, 0.3) is 0 Å². The fourth-order valence-corrected chi connectivity index (χ4v) is 3.74. The van der Waals surface area contributed by atoms with Crippen LogP contribution >= 0.6 is 11.3 Å². The predicted octanol–water partition coefficient (Wildman–Crippen LogP) is 2.96. The highest BCUT2D eigenvalue weighted by molar-refractivity contribution is 7.13. The van der Waals surface area contributed by atoms with Gasteiger partial charge in [0.2, 0.25) is 5.91 Å². The second-order valence-electron chi connectivity index (χ2n) is 6.26. The van der Waals surface area contributed by atoms with E-state index in [1.165, 1.54) is 5.56 Å². The van der Waals surface area contributed by atoms with Gasteiger partial charge in [0.1, 0.15) is 5.01 Å². The van der Waals surface area contributed by atoms with Gasteiger partial charge in [0, 0.05) is 37.1 Å². The topological polar surface area (TPSA) is 62.7 Å². The number of rotatable bonds is 4. The molecule has 2 aromatic rings. The largest absolute Gasteiger partial charge is 0.450 e. The van der Waals surface area contributed by atoms with Gasteiger partial charge in [-0.05, 0) is 19.9 Å². The Bertz CT molecular complexity index is 782. The average Bonchev–Trinajstić information content (AvgIpc) is 3.10. The van der Waals surface area contributed by atoms with Crippen molar-refractivity contribution in [1.29, 1.82) is 0 Å². The monoisotopic (exact) mass is 373 g/mol. The standard InChI is InChI=1S/C19H23N3O3S/c1-3-25-19(24)22-9-7-21(8-10-22)17(23)12-16-13-26-18(20-16)15-6-4-5-14(2)11-15/h4-6,11,13H,3,7-10,12H2,1-2H3. The van der Waals surface area contributed by atoms with Gasteiger partial charge in [-0.15, -0.1) is 11.3 Å². The lowest BCUT2D eigenvalue weighted by Gasteiger charge is -2.34. The van der Waals surface area contributed by atoms with Crippen LogP contribution in [0, 0.1) is 6.92 Å². The summed E-state index contributed by atoms with van der Waals surface area (Å²) < 4.78 is 5.00. The number of thiazole rings is 1. The molecule has 0 atom stereocenters. The molecule has 1 aromatic heterocycles. The fourth-order valence-electron chi connectivity index (χ4n) is 2.92. The van der Waals surface area contributed by atoms with Gasteiger partial charge in [-0.1, -0.05) is 23.8 Å². The van der Waals surface area contributed by atoms with Crippen LogP contribution < -0.4 is 0 Å². The van der Waals surface area contributed by atoms with Crippen molar-refractivity contribution in [2.45, 2.75) is 20.3 Å². The van der Waals surface area contributed by atoms with Gasteiger partial charge >= 0.3 is 6.09 Å². The van der Waals surface area contributed by atoms with Crippen LogP contribution in [-0.2, 0) is 16.0 Å². The SMILES string of the molecule is CCOC(=O)N1CCN(C(=O)Cc2csc(-c3cccc(C)c3)n2)CC1. The van der Waals surface area contributed by atoms with Gasteiger partial charge in [-0.2, -0.15) is 0 Å². The third-order valence-electron chi connectivity index (χ3n) is 4.31. The Morgan fingerprint density at radius 1 is 1.19 bits per heavy atom. The van der Waals surface area contributed by atoms with Crippen molar-refractivity contribution in [1.82, 2.24) is 14.8 Å². The van der Waals surface area contributed by atoms with Crippen molar-refractivity contribution < 1.29 is 14.3 Å². The summed E-state index contributed by atoms with van der Waals surface area (Å²) in [6.45, 7) is 6.30. The number of nitrogens with zero attached hydrogens (tertiary/aromatic N) is 3. The average molecular weight is 373 g/mol. The smallest absolute Gasteiger partial charge is 0.409 e. The second-order valence-corrected chi connectivity index (χ2v) is 7.12. The highest BCUT2D eigenvalue weighted by Crippen LogP contribution is 2.24. The Morgan fingerprint density at radius 3 is 2.62 bits per heavy atom. The normalized spacial score (nSPS) is 14.4. The molecule has 1 fully saturated rings. The molecule has 0 spiro atoms. The fraction of sp³-hybridized carbons (Fsp3) is 0.421. The Balaban J connectivity index is 1.55. The zero-order valence-electron chi connectivity index (χ0n) is 15.1. The summed E-state index contributed by atoms with van der Waals surface area (Å²) in [6.07, 6.45) is -0.0104. The number of carbonyl (C=O) groups is 2. The number of aryl methyl sites for hydroxylation is 1. The molecule has 138 valence electrons. The van der Waals surface area contributed by atoms with Gasteiger partial charge in [-0.25, -0.2) is 9.78 Å². The van der Waals surface area contributed by atoms with E-state index >= 15 is 0 Å². The lowest BCUT2D eigenvalue weighted by Crippen LogP contribution is -2.51. The Morgan fingerprint density at radius 2 is 1.92 bits per heavy atom. The van der Waals surface area contributed by atoms with Crippen LogP contribution in [-0.4, -0.2) is 59.6 Å². The highest BCUT2D eigenvalue weighted by atomic mass is 32.1. The lowest BCUT2D eigenvalue weighted by molar-refractivity contribution is -0.132. The van der Waals surface area contributed by atoms with E-state index in [1.807, 2.05) is 17.5 Å². The van der Waals surface area contributed by atoms with Crippen LogP contribution in [0.3, 0.4) is 0 Å². The zero-order chi connectivity index (χ0) is 18.5. The summed E-state index contributed by atoms with van der Waals surface area (Å²) in [5.41, 5.74) is 3.07. The van der Waals surface area contributed by atoms with Crippen LogP contribution in [0.1, 0.15) is 18.2 Å². The molecule has 2 amide bonds. The van der Waals surface area contributed by atoms with Crippen LogP contribution in [0.5, 0.6) is 0 Å². The summed E-state index contributed by atoms with van der Waals surface area (Å²) in [5.74, 6) is 0.0506. The second kappa shape index (κ2) is 8.31. The molecule has 0 unspecified atom stereocenters. The van der Waals surface area contributed by atoms with Crippen LogP contribution in [0.15, 0.2) is 29.6 Å². The van der Waals surface area contributed by atoms with Crippen molar-refractivity contribution in [3.8, 4) is 10.6 Å². The molecular formula is C19H23N3O3S. The maximum atomic E-state index is 12.5. The number of hydrogen-bond acceptors (Lipinski definition) is 5. The summed E-state index contributed by atoms with van der Waals surface area (Å²) in [6, 6.07) is 8.20. The maximum absolute atomic E-state index is 12.5. The van der Waals surface area contributed by atoms with Crippen molar-refractivity contribution in [2.75, 3.05) is 32.8 Å². The molecule has 1 saturated heterocycles. The van der Waals surface area contributed by atoms with Crippen molar-refractivity contribution in [3.05, 3.63) is 40.9 Å². The summed E-state index contributed by atoms with van der Waals surface area (Å²) in [4.78, 5) is 32.3. The quantitative estimate of drug-likeness (QED) is 0.827. The molecule has 26 heavy (non-hydrogen) atoms. The van der Waals surface area contributed by atoms with E-state index in [0.29, 0.717) is 39.2 Å². The summed E-state index contributed by atoms with van der Waals surface area (Å²) in [7, 11) is 0.